The normalized spacial score (nSPS) is 25.6. The van der Waals surface area contributed by atoms with Crippen LogP contribution in [0.2, 0.25) is 0 Å². The van der Waals surface area contributed by atoms with Crippen molar-refractivity contribution in [3.05, 3.63) is 23.8 Å². The molecule has 1 aliphatic carbocycles. The molecule has 0 heterocycles. The Morgan fingerprint density at radius 1 is 1.60 bits per heavy atom. The Kier molecular flexibility index (Phi) is 2.31. The maximum absolute atomic E-state index is 3.75. The fraction of sp³-hybridized carbons (Fsp3) is 0.600. The molecule has 0 N–H and O–H groups in total. The summed E-state index contributed by atoms with van der Waals surface area (Å²) in [6.45, 7) is 8.32. The first-order valence-corrected chi connectivity index (χ1v) is 4.02. The Bertz CT molecular complexity index is 163. The highest BCUT2D eigenvalue weighted by atomic mass is 14.2. The van der Waals surface area contributed by atoms with Crippen LogP contribution in [-0.2, 0) is 0 Å². The minimum absolute atomic E-state index is 0.884. The summed E-state index contributed by atoms with van der Waals surface area (Å²) in [5.41, 5.74) is 3.23. The van der Waals surface area contributed by atoms with Crippen molar-refractivity contribution in [3.63, 3.8) is 0 Å². The lowest BCUT2D eigenvalue weighted by Gasteiger charge is -1.98. The van der Waals surface area contributed by atoms with Crippen LogP contribution in [-0.4, -0.2) is 0 Å². The summed E-state index contributed by atoms with van der Waals surface area (Å²) in [6.07, 6.45) is 5.73. The number of allylic oxidation sites excluding steroid dienone is 3. The lowest BCUT2D eigenvalue weighted by atomic mass is 10.1. The van der Waals surface area contributed by atoms with Gasteiger partial charge in [-0.2, -0.15) is 0 Å². The molecule has 1 aliphatic rings. The van der Waals surface area contributed by atoms with E-state index in [0.29, 0.717) is 0 Å². The largest absolute Gasteiger partial charge is 0.103 e. The zero-order valence-corrected chi connectivity index (χ0v) is 6.98. The van der Waals surface area contributed by atoms with Crippen LogP contribution in [0.4, 0.5) is 0 Å². The van der Waals surface area contributed by atoms with Crippen molar-refractivity contribution < 1.29 is 0 Å². The van der Waals surface area contributed by atoms with Crippen molar-refractivity contribution in [3.8, 4) is 0 Å². The molecule has 1 atom stereocenters. The van der Waals surface area contributed by atoms with Crippen LogP contribution in [0.3, 0.4) is 0 Å². The monoisotopic (exact) mass is 136 g/mol. The SMILES string of the molecule is C=CCC1=C(C)CC(C)C1. The maximum atomic E-state index is 3.75. The van der Waals surface area contributed by atoms with Gasteiger partial charge in [0.25, 0.3) is 0 Å². The molecular formula is C10H16. The van der Waals surface area contributed by atoms with Gasteiger partial charge in [-0.15, -0.1) is 6.58 Å². The molecule has 0 bridgehead atoms. The van der Waals surface area contributed by atoms with Gasteiger partial charge in [-0.05, 0) is 32.1 Å². The van der Waals surface area contributed by atoms with E-state index < -0.39 is 0 Å². The lowest BCUT2D eigenvalue weighted by molar-refractivity contribution is 0.617. The predicted molar refractivity (Wildman–Crippen MR) is 45.9 cm³/mol. The van der Waals surface area contributed by atoms with Gasteiger partial charge in [-0.3, -0.25) is 0 Å². The van der Waals surface area contributed by atoms with Crippen LogP contribution in [0, 0.1) is 5.92 Å². The minimum Gasteiger partial charge on any atom is -0.103 e. The summed E-state index contributed by atoms with van der Waals surface area (Å²) in [4.78, 5) is 0. The molecule has 0 saturated heterocycles. The van der Waals surface area contributed by atoms with E-state index in [2.05, 4.69) is 20.4 Å². The Hall–Kier alpha value is -0.520. The molecule has 0 heteroatoms. The van der Waals surface area contributed by atoms with E-state index in [-0.39, 0.29) is 0 Å². The van der Waals surface area contributed by atoms with Crippen molar-refractivity contribution in [2.45, 2.75) is 33.1 Å². The van der Waals surface area contributed by atoms with Gasteiger partial charge in [0.15, 0.2) is 0 Å². The molecule has 1 rings (SSSR count). The molecule has 0 nitrogen and oxygen atoms in total. The number of rotatable bonds is 2. The van der Waals surface area contributed by atoms with Crippen molar-refractivity contribution in [1.29, 1.82) is 0 Å². The smallest absolute Gasteiger partial charge is 0.0139 e. The van der Waals surface area contributed by atoms with Gasteiger partial charge in [-0.1, -0.05) is 24.1 Å². The first-order valence-electron chi connectivity index (χ1n) is 4.02. The van der Waals surface area contributed by atoms with Gasteiger partial charge in [0, 0.05) is 0 Å². The minimum atomic E-state index is 0.884. The second kappa shape index (κ2) is 3.05. The van der Waals surface area contributed by atoms with Gasteiger partial charge < -0.3 is 0 Å². The molecule has 0 aromatic carbocycles. The van der Waals surface area contributed by atoms with Crippen molar-refractivity contribution in [1.82, 2.24) is 0 Å². The summed E-state index contributed by atoms with van der Waals surface area (Å²) in [5, 5.41) is 0. The zero-order chi connectivity index (χ0) is 7.56. The second-order valence-corrected chi connectivity index (χ2v) is 3.39. The average molecular weight is 136 g/mol. The third-order valence-electron chi connectivity index (χ3n) is 2.24. The molecule has 0 saturated carbocycles. The molecule has 10 heavy (non-hydrogen) atoms. The number of hydrogen-bond donors (Lipinski definition) is 0. The van der Waals surface area contributed by atoms with E-state index in [1.165, 1.54) is 12.8 Å². The average Bonchev–Trinajstić information content (AvgIpc) is 2.13. The Labute approximate surface area is 63.6 Å². The Balaban J connectivity index is 2.57. The highest BCUT2D eigenvalue weighted by Gasteiger charge is 2.15. The second-order valence-electron chi connectivity index (χ2n) is 3.39. The van der Waals surface area contributed by atoms with Gasteiger partial charge in [-0.25, -0.2) is 0 Å². The highest BCUT2D eigenvalue weighted by molar-refractivity contribution is 5.20. The van der Waals surface area contributed by atoms with Gasteiger partial charge in [0.05, 0.1) is 0 Å². The maximum Gasteiger partial charge on any atom is -0.0139 e. The standard InChI is InChI=1S/C10H16/c1-4-5-10-7-8(2)6-9(10)3/h4,8H,1,5-7H2,2-3H3. The molecule has 0 fully saturated rings. The lowest BCUT2D eigenvalue weighted by Crippen LogP contribution is -1.84. The molecule has 0 spiro atoms. The summed E-state index contributed by atoms with van der Waals surface area (Å²) < 4.78 is 0. The highest BCUT2D eigenvalue weighted by Crippen LogP contribution is 2.32. The summed E-state index contributed by atoms with van der Waals surface area (Å²) in [6, 6.07) is 0. The quantitative estimate of drug-likeness (QED) is 0.511. The van der Waals surface area contributed by atoms with Crippen LogP contribution in [0.25, 0.3) is 0 Å². The molecule has 0 radical (unpaired) electrons. The fourth-order valence-electron chi connectivity index (χ4n) is 1.77. The predicted octanol–water partition coefficient (Wildman–Crippen LogP) is 3.31. The topological polar surface area (TPSA) is 0 Å². The van der Waals surface area contributed by atoms with Crippen LogP contribution in [0.1, 0.15) is 33.1 Å². The van der Waals surface area contributed by atoms with Gasteiger partial charge in [0.1, 0.15) is 0 Å². The van der Waals surface area contributed by atoms with Crippen molar-refractivity contribution in [2.75, 3.05) is 0 Å². The molecule has 0 aromatic heterocycles. The molecule has 0 aromatic rings. The zero-order valence-electron chi connectivity index (χ0n) is 6.98. The van der Waals surface area contributed by atoms with E-state index in [1.54, 1.807) is 11.1 Å². The fourth-order valence-corrected chi connectivity index (χ4v) is 1.77. The number of hydrogen-bond acceptors (Lipinski definition) is 0. The van der Waals surface area contributed by atoms with Gasteiger partial charge >= 0.3 is 0 Å². The molecule has 56 valence electrons. The van der Waals surface area contributed by atoms with E-state index >= 15 is 0 Å². The third-order valence-corrected chi connectivity index (χ3v) is 2.24. The van der Waals surface area contributed by atoms with E-state index in [9.17, 15) is 0 Å². The molecule has 0 aliphatic heterocycles. The Morgan fingerprint density at radius 3 is 2.70 bits per heavy atom. The van der Waals surface area contributed by atoms with Crippen LogP contribution >= 0.6 is 0 Å². The summed E-state index contributed by atoms with van der Waals surface area (Å²) in [5.74, 6) is 0.884. The van der Waals surface area contributed by atoms with E-state index in [4.69, 9.17) is 0 Å². The first-order chi connectivity index (χ1) is 4.74. The van der Waals surface area contributed by atoms with Crippen LogP contribution in [0.15, 0.2) is 23.8 Å². The Morgan fingerprint density at radius 2 is 2.30 bits per heavy atom. The molecule has 1 unspecified atom stereocenters. The van der Waals surface area contributed by atoms with E-state index in [0.717, 1.165) is 12.3 Å². The van der Waals surface area contributed by atoms with Crippen molar-refractivity contribution >= 4 is 0 Å². The van der Waals surface area contributed by atoms with Crippen molar-refractivity contribution in [2.24, 2.45) is 5.92 Å². The molecular weight excluding hydrogens is 120 g/mol. The van der Waals surface area contributed by atoms with Gasteiger partial charge in [0.2, 0.25) is 0 Å². The summed E-state index contributed by atoms with van der Waals surface area (Å²) >= 11 is 0. The molecule has 0 amide bonds. The summed E-state index contributed by atoms with van der Waals surface area (Å²) in [7, 11) is 0. The third kappa shape index (κ3) is 1.50. The van der Waals surface area contributed by atoms with E-state index in [1.807, 2.05) is 6.08 Å². The van der Waals surface area contributed by atoms with Crippen LogP contribution < -0.4 is 0 Å². The first kappa shape index (κ1) is 7.59. The van der Waals surface area contributed by atoms with Crippen LogP contribution in [0.5, 0.6) is 0 Å².